The second kappa shape index (κ2) is 7.10. The summed E-state index contributed by atoms with van der Waals surface area (Å²) >= 11 is 0. The molecule has 7 heteroatoms. The molecular weight excluding hydrogens is 276 g/mol. The van der Waals surface area contributed by atoms with Gasteiger partial charge in [0.2, 0.25) is 10.0 Å². The predicted octanol–water partition coefficient (Wildman–Crippen LogP) is 0.770. The minimum absolute atomic E-state index is 0.255. The van der Waals surface area contributed by atoms with Crippen molar-refractivity contribution in [2.75, 3.05) is 18.8 Å². The fourth-order valence-corrected chi connectivity index (χ4v) is 3.94. The standard InChI is InChI=1S/C13H22N4O2S/c1-2-9-20(18,19)17-7-3-12(4-8-17)16-11-13-10-14-5-6-15-13/h5-6,10,12,16H,2-4,7-9,11H2,1H3. The monoisotopic (exact) mass is 298 g/mol. The topological polar surface area (TPSA) is 75.2 Å². The van der Waals surface area contributed by atoms with E-state index in [0.717, 1.165) is 18.5 Å². The van der Waals surface area contributed by atoms with Crippen LogP contribution in [0.5, 0.6) is 0 Å². The molecule has 2 heterocycles. The van der Waals surface area contributed by atoms with Gasteiger partial charge in [-0.15, -0.1) is 0 Å². The second-order valence-electron chi connectivity index (χ2n) is 5.07. The largest absolute Gasteiger partial charge is 0.308 e. The third-order valence-corrected chi connectivity index (χ3v) is 5.57. The van der Waals surface area contributed by atoms with Gasteiger partial charge in [-0.05, 0) is 19.3 Å². The average molecular weight is 298 g/mol. The van der Waals surface area contributed by atoms with Crippen molar-refractivity contribution < 1.29 is 8.42 Å². The van der Waals surface area contributed by atoms with Gasteiger partial charge in [-0.3, -0.25) is 9.97 Å². The molecule has 0 radical (unpaired) electrons. The molecule has 0 aromatic carbocycles. The third kappa shape index (κ3) is 4.22. The van der Waals surface area contributed by atoms with Crippen molar-refractivity contribution in [3.8, 4) is 0 Å². The Kier molecular flexibility index (Phi) is 5.45. The van der Waals surface area contributed by atoms with E-state index in [1.165, 1.54) is 0 Å². The van der Waals surface area contributed by atoms with E-state index in [1.54, 1.807) is 22.9 Å². The summed E-state index contributed by atoms with van der Waals surface area (Å²) in [7, 11) is -3.04. The van der Waals surface area contributed by atoms with E-state index >= 15 is 0 Å². The van der Waals surface area contributed by atoms with Gasteiger partial charge in [0.25, 0.3) is 0 Å². The number of piperidine rings is 1. The summed E-state index contributed by atoms with van der Waals surface area (Å²) in [6.07, 6.45) is 7.45. The first-order valence-corrected chi connectivity index (χ1v) is 8.69. The molecule has 0 amide bonds. The Morgan fingerprint density at radius 2 is 2.10 bits per heavy atom. The molecule has 0 unspecified atom stereocenters. The van der Waals surface area contributed by atoms with Gasteiger partial charge < -0.3 is 5.32 Å². The molecule has 1 fully saturated rings. The zero-order valence-corrected chi connectivity index (χ0v) is 12.6. The van der Waals surface area contributed by atoms with Gasteiger partial charge in [-0.1, -0.05) is 6.92 Å². The molecule has 1 aromatic rings. The lowest BCUT2D eigenvalue weighted by molar-refractivity contribution is 0.288. The molecule has 112 valence electrons. The lowest BCUT2D eigenvalue weighted by atomic mass is 10.1. The van der Waals surface area contributed by atoms with Gasteiger partial charge in [0.05, 0.1) is 11.4 Å². The molecule has 1 aliphatic heterocycles. The zero-order chi connectivity index (χ0) is 14.4. The highest BCUT2D eigenvalue weighted by Gasteiger charge is 2.26. The molecule has 1 N–H and O–H groups in total. The van der Waals surface area contributed by atoms with Crippen LogP contribution in [0.4, 0.5) is 0 Å². The van der Waals surface area contributed by atoms with Crippen LogP contribution in [0, 0.1) is 0 Å². The molecule has 0 atom stereocenters. The van der Waals surface area contributed by atoms with Crippen molar-refractivity contribution >= 4 is 10.0 Å². The average Bonchev–Trinajstić information content (AvgIpc) is 2.47. The Labute approximate surface area is 120 Å². The molecule has 0 spiro atoms. The summed E-state index contributed by atoms with van der Waals surface area (Å²) in [6.45, 7) is 3.80. The minimum atomic E-state index is -3.04. The van der Waals surface area contributed by atoms with Crippen LogP contribution in [-0.4, -0.2) is 47.6 Å². The highest BCUT2D eigenvalue weighted by Crippen LogP contribution is 2.15. The number of nitrogens with zero attached hydrogens (tertiary/aromatic N) is 3. The maximum atomic E-state index is 12.0. The second-order valence-corrected chi connectivity index (χ2v) is 7.16. The first-order chi connectivity index (χ1) is 9.62. The molecule has 0 bridgehead atoms. The van der Waals surface area contributed by atoms with Crippen LogP contribution < -0.4 is 5.32 Å². The molecule has 1 saturated heterocycles. The summed E-state index contributed by atoms with van der Waals surface area (Å²) in [5.74, 6) is 0.255. The Morgan fingerprint density at radius 3 is 2.70 bits per heavy atom. The summed E-state index contributed by atoms with van der Waals surface area (Å²) in [6, 6.07) is 0.352. The van der Waals surface area contributed by atoms with Gasteiger partial charge >= 0.3 is 0 Å². The molecule has 1 aliphatic rings. The third-order valence-electron chi connectivity index (χ3n) is 3.50. The minimum Gasteiger partial charge on any atom is -0.308 e. The Bertz CT molecular complexity index is 498. The van der Waals surface area contributed by atoms with E-state index in [1.807, 2.05) is 6.92 Å². The lowest BCUT2D eigenvalue weighted by Crippen LogP contribution is -2.45. The highest BCUT2D eigenvalue weighted by atomic mass is 32.2. The van der Waals surface area contributed by atoms with Crippen LogP contribution in [0.1, 0.15) is 31.9 Å². The molecular formula is C13H22N4O2S. The van der Waals surface area contributed by atoms with Crippen LogP contribution in [0.25, 0.3) is 0 Å². The van der Waals surface area contributed by atoms with Crippen molar-refractivity contribution in [2.45, 2.75) is 38.8 Å². The van der Waals surface area contributed by atoms with E-state index in [-0.39, 0.29) is 5.75 Å². The number of hydrogen-bond acceptors (Lipinski definition) is 5. The molecule has 0 aliphatic carbocycles. The highest BCUT2D eigenvalue weighted by molar-refractivity contribution is 7.89. The summed E-state index contributed by atoms with van der Waals surface area (Å²) < 4.78 is 25.5. The van der Waals surface area contributed by atoms with Gasteiger partial charge in [0.15, 0.2) is 0 Å². The van der Waals surface area contributed by atoms with Gasteiger partial charge in [0, 0.05) is 44.3 Å². The molecule has 20 heavy (non-hydrogen) atoms. The van der Waals surface area contributed by atoms with Gasteiger partial charge in [-0.2, -0.15) is 0 Å². The molecule has 0 saturated carbocycles. The Balaban J connectivity index is 1.77. The maximum Gasteiger partial charge on any atom is 0.214 e. The summed E-state index contributed by atoms with van der Waals surface area (Å²) in [5, 5.41) is 3.42. The molecule has 2 rings (SSSR count). The number of rotatable bonds is 6. The van der Waals surface area contributed by atoms with Crippen LogP contribution in [0.15, 0.2) is 18.6 Å². The van der Waals surface area contributed by atoms with Crippen LogP contribution in [0.3, 0.4) is 0 Å². The van der Waals surface area contributed by atoms with E-state index < -0.39 is 10.0 Å². The first-order valence-electron chi connectivity index (χ1n) is 7.08. The number of aromatic nitrogens is 2. The molecule has 6 nitrogen and oxygen atoms in total. The summed E-state index contributed by atoms with van der Waals surface area (Å²) in [5.41, 5.74) is 0.911. The van der Waals surface area contributed by atoms with E-state index in [2.05, 4.69) is 15.3 Å². The molecule has 1 aromatic heterocycles. The van der Waals surface area contributed by atoms with Gasteiger partial charge in [0.1, 0.15) is 0 Å². The first kappa shape index (κ1) is 15.3. The predicted molar refractivity (Wildman–Crippen MR) is 77.5 cm³/mol. The van der Waals surface area contributed by atoms with Crippen LogP contribution in [0.2, 0.25) is 0 Å². The van der Waals surface area contributed by atoms with E-state index in [0.29, 0.717) is 32.1 Å². The van der Waals surface area contributed by atoms with Crippen LogP contribution >= 0.6 is 0 Å². The number of nitrogens with one attached hydrogen (secondary N) is 1. The maximum absolute atomic E-state index is 12.0. The summed E-state index contributed by atoms with van der Waals surface area (Å²) in [4.78, 5) is 8.23. The Hall–Kier alpha value is -1.05. The van der Waals surface area contributed by atoms with E-state index in [9.17, 15) is 8.42 Å². The van der Waals surface area contributed by atoms with E-state index in [4.69, 9.17) is 0 Å². The normalized spacial score (nSPS) is 18.2. The van der Waals surface area contributed by atoms with Crippen molar-refractivity contribution in [3.05, 3.63) is 24.3 Å². The van der Waals surface area contributed by atoms with Crippen LogP contribution in [-0.2, 0) is 16.6 Å². The smallest absolute Gasteiger partial charge is 0.214 e. The van der Waals surface area contributed by atoms with Crippen molar-refractivity contribution in [2.24, 2.45) is 0 Å². The SMILES string of the molecule is CCCS(=O)(=O)N1CCC(NCc2cnccn2)CC1. The Morgan fingerprint density at radius 1 is 1.35 bits per heavy atom. The van der Waals surface area contributed by atoms with Crippen molar-refractivity contribution in [1.82, 2.24) is 19.6 Å². The van der Waals surface area contributed by atoms with Crippen molar-refractivity contribution in [1.29, 1.82) is 0 Å². The van der Waals surface area contributed by atoms with Gasteiger partial charge in [-0.25, -0.2) is 12.7 Å². The fourth-order valence-electron chi connectivity index (χ4n) is 2.40. The number of hydrogen-bond donors (Lipinski definition) is 1. The quantitative estimate of drug-likeness (QED) is 0.839. The lowest BCUT2D eigenvalue weighted by Gasteiger charge is -2.31. The number of sulfonamides is 1. The zero-order valence-electron chi connectivity index (χ0n) is 11.8. The fraction of sp³-hybridized carbons (Fsp3) is 0.692. The van der Waals surface area contributed by atoms with Crippen molar-refractivity contribution in [3.63, 3.8) is 0 Å².